The molecule has 0 aliphatic rings. The molecule has 0 radical (unpaired) electrons. The van der Waals surface area contributed by atoms with E-state index < -0.39 is 22.1 Å². The number of methoxy groups -OCH3 is 1. The van der Waals surface area contributed by atoms with E-state index in [9.17, 15) is 19.7 Å². The molecule has 0 atom stereocenters. The molecular weight excluding hydrogens is 310 g/mol. The Labute approximate surface area is 131 Å². The van der Waals surface area contributed by atoms with Crippen molar-refractivity contribution in [3.63, 3.8) is 0 Å². The summed E-state index contributed by atoms with van der Waals surface area (Å²) < 4.78 is 15.1. The van der Waals surface area contributed by atoms with E-state index >= 15 is 0 Å². The highest BCUT2D eigenvalue weighted by molar-refractivity contribution is 5.93. The highest BCUT2D eigenvalue weighted by atomic mass is 16.6. The number of esters is 1. The maximum atomic E-state index is 11.2. The van der Waals surface area contributed by atoms with E-state index in [2.05, 4.69) is 0 Å². The number of carbonyl (C=O) groups excluding carboxylic acids is 1. The molecule has 0 aromatic heterocycles. The van der Waals surface area contributed by atoms with Crippen molar-refractivity contribution in [1.29, 1.82) is 0 Å². The molecule has 9 nitrogen and oxygen atoms in total. The third-order valence-electron chi connectivity index (χ3n) is 2.80. The van der Waals surface area contributed by atoms with Crippen LogP contribution < -0.4 is 9.47 Å². The Morgan fingerprint density at radius 1 is 1.30 bits per heavy atom. The minimum Gasteiger partial charge on any atom is -0.493 e. The molecule has 126 valence electrons. The highest BCUT2D eigenvalue weighted by Gasteiger charge is 2.24. The Bertz CT molecular complexity index is 599. The summed E-state index contributed by atoms with van der Waals surface area (Å²) in [5, 5.41) is 20.0. The van der Waals surface area contributed by atoms with Crippen LogP contribution in [0.1, 0.15) is 30.1 Å². The molecule has 0 aliphatic heterocycles. The van der Waals surface area contributed by atoms with Crippen molar-refractivity contribution in [2.24, 2.45) is 0 Å². The maximum absolute atomic E-state index is 11.2. The number of aromatic carboxylic acids is 1. The first-order valence-corrected chi connectivity index (χ1v) is 6.78. The number of rotatable bonds is 9. The average Bonchev–Trinajstić information content (AvgIpc) is 2.50. The van der Waals surface area contributed by atoms with Crippen LogP contribution in [0.5, 0.6) is 11.5 Å². The van der Waals surface area contributed by atoms with E-state index in [1.54, 1.807) is 6.92 Å². The van der Waals surface area contributed by atoms with Crippen LogP contribution in [0, 0.1) is 10.1 Å². The van der Waals surface area contributed by atoms with Crippen LogP contribution in [0.15, 0.2) is 12.1 Å². The van der Waals surface area contributed by atoms with E-state index in [4.69, 9.17) is 19.3 Å². The fraction of sp³-hybridized carbons (Fsp3) is 0.429. The minimum absolute atomic E-state index is 0.0352. The van der Waals surface area contributed by atoms with Crippen LogP contribution in [0.25, 0.3) is 0 Å². The molecule has 23 heavy (non-hydrogen) atoms. The molecule has 1 rings (SSSR count). The Morgan fingerprint density at radius 3 is 2.52 bits per heavy atom. The highest BCUT2D eigenvalue weighted by Crippen LogP contribution is 2.34. The second-order valence-corrected chi connectivity index (χ2v) is 4.34. The first-order chi connectivity index (χ1) is 10.9. The maximum Gasteiger partial charge on any atom is 0.342 e. The van der Waals surface area contributed by atoms with Crippen LogP contribution >= 0.6 is 0 Å². The van der Waals surface area contributed by atoms with E-state index in [0.29, 0.717) is 6.42 Å². The number of benzene rings is 1. The molecule has 0 amide bonds. The first-order valence-electron chi connectivity index (χ1n) is 6.78. The van der Waals surface area contributed by atoms with Crippen LogP contribution in [-0.4, -0.2) is 42.3 Å². The third kappa shape index (κ3) is 5.13. The van der Waals surface area contributed by atoms with Crippen molar-refractivity contribution in [3.05, 3.63) is 27.8 Å². The van der Waals surface area contributed by atoms with Gasteiger partial charge in [0.1, 0.15) is 5.56 Å². The summed E-state index contributed by atoms with van der Waals surface area (Å²) in [6, 6.07) is 2.02. The Hall–Kier alpha value is -2.84. The van der Waals surface area contributed by atoms with Gasteiger partial charge in [0.15, 0.2) is 11.5 Å². The van der Waals surface area contributed by atoms with Gasteiger partial charge in [-0.05, 0) is 13.3 Å². The molecule has 0 heterocycles. The lowest BCUT2D eigenvalue weighted by Crippen LogP contribution is -2.08. The standard InChI is InChI=1S/C14H17NO8/c1-3-22-13(16)5-4-6-23-12-8-10(15(19)20)9(14(17)18)7-11(12)21-2/h7-8H,3-6H2,1-2H3,(H,17,18). The van der Waals surface area contributed by atoms with Crippen molar-refractivity contribution in [2.45, 2.75) is 19.8 Å². The molecule has 0 fully saturated rings. The summed E-state index contributed by atoms with van der Waals surface area (Å²) in [5.41, 5.74) is -1.09. The van der Waals surface area contributed by atoms with Crippen molar-refractivity contribution in [2.75, 3.05) is 20.3 Å². The van der Waals surface area contributed by atoms with Crippen molar-refractivity contribution in [1.82, 2.24) is 0 Å². The molecule has 0 bridgehead atoms. The molecule has 0 saturated carbocycles. The lowest BCUT2D eigenvalue weighted by atomic mass is 10.1. The number of hydrogen-bond donors (Lipinski definition) is 1. The largest absolute Gasteiger partial charge is 0.493 e. The molecule has 0 unspecified atom stereocenters. The normalized spacial score (nSPS) is 10.0. The van der Waals surface area contributed by atoms with Crippen LogP contribution in [0.3, 0.4) is 0 Å². The zero-order valence-electron chi connectivity index (χ0n) is 12.7. The number of nitrogens with zero attached hydrogens (tertiary/aromatic N) is 1. The molecule has 0 aliphatic carbocycles. The van der Waals surface area contributed by atoms with Gasteiger partial charge in [0, 0.05) is 12.5 Å². The van der Waals surface area contributed by atoms with E-state index in [1.807, 2.05) is 0 Å². The molecule has 0 spiro atoms. The van der Waals surface area contributed by atoms with E-state index in [0.717, 1.165) is 12.1 Å². The number of carboxylic acid groups (broad SMARTS) is 1. The minimum atomic E-state index is -1.44. The summed E-state index contributed by atoms with van der Waals surface area (Å²) in [7, 11) is 1.29. The summed E-state index contributed by atoms with van der Waals surface area (Å²) in [5.74, 6) is -1.71. The van der Waals surface area contributed by atoms with Gasteiger partial charge in [-0.25, -0.2) is 4.79 Å². The van der Waals surface area contributed by atoms with Gasteiger partial charge in [0.25, 0.3) is 5.69 Å². The summed E-state index contributed by atoms with van der Waals surface area (Å²) in [6.45, 7) is 2.08. The number of carboxylic acids is 1. The van der Waals surface area contributed by atoms with Gasteiger partial charge in [-0.1, -0.05) is 0 Å². The zero-order valence-corrected chi connectivity index (χ0v) is 12.7. The number of ether oxygens (including phenoxy) is 3. The molecule has 0 saturated heterocycles. The van der Waals surface area contributed by atoms with Crippen LogP contribution in [0.4, 0.5) is 5.69 Å². The van der Waals surface area contributed by atoms with Gasteiger partial charge in [0.05, 0.1) is 31.3 Å². The summed E-state index contributed by atoms with van der Waals surface area (Å²) in [6.07, 6.45) is 0.488. The number of carbonyl (C=O) groups is 2. The number of nitro groups is 1. The Morgan fingerprint density at radius 2 is 2.00 bits per heavy atom. The SMILES string of the molecule is CCOC(=O)CCCOc1cc([N+](=O)[O-])c(C(=O)O)cc1OC. The quantitative estimate of drug-likeness (QED) is 0.316. The summed E-state index contributed by atoms with van der Waals surface area (Å²) in [4.78, 5) is 32.4. The molecule has 9 heteroatoms. The monoisotopic (exact) mass is 327 g/mol. The van der Waals surface area contributed by atoms with Crippen LogP contribution in [-0.2, 0) is 9.53 Å². The van der Waals surface area contributed by atoms with Crippen LogP contribution in [0.2, 0.25) is 0 Å². The Kier molecular flexibility index (Phi) is 6.78. The fourth-order valence-electron chi connectivity index (χ4n) is 1.78. The van der Waals surface area contributed by atoms with E-state index in [-0.39, 0.29) is 37.1 Å². The summed E-state index contributed by atoms with van der Waals surface area (Å²) >= 11 is 0. The number of hydrogen-bond acceptors (Lipinski definition) is 7. The molecule has 1 N–H and O–H groups in total. The second-order valence-electron chi connectivity index (χ2n) is 4.34. The van der Waals surface area contributed by atoms with Gasteiger partial charge in [-0.2, -0.15) is 0 Å². The molecule has 1 aromatic rings. The third-order valence-corrected chi connectivity index (χ3v) is 2.80. The topological polar surface area (TPSA) is 125 Å². The smallest absolute Gasteiger partial charge is 0.342 e. The fourth-order valence-corrected chi connectivity index (χ4v) is 1.78. The van der Waals surface area contributed by atoms with Gasteiger partial charge >= 0.3 is 11.9 Å². The molecular formula is C14H17NO8. The van der Waals surface area contributed by atoms with Crippen molar-refractivity contribution in [3.8, 4) is 11.5 Å². The predicted octanol–water partition coefficient (Wildman–Crippen LogP) is 2.02. The lowest BCUT2D eigenvalue weighted by Gasteiger charge is -2.11. The van der Waals surface area contributed by atoms with Gasteiger partial charge < -0.3 is 19.3 Å². The zero-order chi connectivity index (χ0) is 17.4. The van der Waals surface area contributed by atoms with Gasteiger partial charge in [-0.15, -0.1) is 0 Å². The van der Waals surface area contributed by atoms with Gasteiger partial charge in [0.2, 0.25) is 0 Å². The van der Waals surface area contributed by atoms with Crippen molar-refractivity contribution < 1.29 is 33.8 Å². The van der Waals surface area contributed by atoms with E-state index in [1.165, 1.54) is 7.11 Å². The first kappa shape index (κ1) is 18.2. The van der Waals surface area contributed by atoms with Crippen molar-refractivity contribution >= 4 is 17.6 Å². The number of nitro benzene ring substituents is 1. The Balaban J connectivity index is 2.85. The lowest BCUT2D eigenvalue weighted by molar-refractivity contribution is -0.385. The van der Waals surface area contributed by atoms with Gasteiger partial charge in [-0.3, -0.25) is 14.9 Å². The predicted molar refractivity (Wildman–Crippen MR) is 78.0 cm³/mol. The average molecular weight is 327 g/mol. The second kappa shape index (κ2) is 8.57. The molecule has 1 aromatic carbocycles.